The Hall–Kier alpha value is -3.35. The Bertz CT molecular complexity index is 862. The van der Waals surface area contributed by atoms with Gasteiger partial charge in [0, 0.05) is 50.8 Å². The van der Waals surface area contributed by atoms with E-state index in [2.05, 4.69) is 54.3 Å². The normalized spacial score (nSPS) is 14.2. The van der Waals surface area contributed by atoms with Crippen LogP contribution in [0.4, 0.5) is 23.0 Å². The van der Waals surface area contributed by atoms with Gasteiger partial charge in [0.15, 0.2) is 11.6 Å². The summed E-state index contributed by atoms with van der Waals surface area (Å²) in [7, 11) is 0. The lowest BCUT2D eigenvalue weighted by atomic mass is 10.2. The van der Waals surface area contributed by atoms with Crippen molar-refractivity contribution in [1.29, 1.82) is 0 Å². The number of nitrogens with one attached hydrogen (secondary N) is 1. The van der Waals surface area contributed by atoms with Crippen LogP contribution in [0.15, 0.2) is 61.2 Å². The molecule has 0 spiro atoms. The fourth-order valence-electron chi connectivity index (χ4n) is 3.28. The summed E-state index contributed by atoms with van der Waals surface area (Å²) < 4.78 is 0. The molecule has 3 heterocycles. The van der Waals surface area contributed by atoms with Gasteiger partial charge in [0.1, 0.15) is 12.0 Å². The molecule has 138 valence electrons. The quantitative estimate of drug-likeness (QED) is 0.722. The van der Waals surface area contributed by atoms with Crippen LogP contribution in [-0.2, 0) is 6.54 Å². The Balaban J connectivity index is 1.42. The number of rotatable bonds is 5. The average molecular weight is 361 g/mol. The van der Waals surface area contributed by atoms with Crippen molar-refractivity contribution in [2.24, 2.45) is 0 Å². The highest BCUT2D eigenvalue weighted by molar-refractivity contribution is 5.75. The zero-order valence-corrected chi connectivity index (χ0v) is 15.1. The molecule has 3 N–H and O–H groups in total. The third-order valence-electron chi connectivity index (χ3n) is 4.75. The second-order valence-corrected chi connectivity index (χ2v) is 6.48. The Morgan fingerprint density at radius 3 is 2.44 bits per heavy atom. The second-order valence-electron chi connectivity index (χ2n) is 6.48. The molecule has 1 fully saturated rings. The number of pyridine rings is 1. The van der Waals surface area contributed by atoms with Gasteiger partial charge in [0.05, 0.1) is 0 Å². The Labute approximate surface area is 158 Å². The topological polar surface area (TPSA) is 83.2 Å². The number of benzene rings is 1. The molecule has 1 aromatic carbocycles. The Kier molecular flexibility index (Phi) is 5.00. The first-order valence-electron chi connectivity index (χ1n) is 9.09. The number of aromatic nitrogens is 3. The van der Waals surface area contributed by atoms with E-state index >= 15 is 0 Å². The first-order valence-corrected chi connectivity index (χ1v) is 9.09. The summed E-state index contributed by atoms with van der Waals surface area (Å²) in [4.78, 5) is 17.5. The lowest BCUT2D eigenvalue weighted by molar-refractivity contribution is 0.647. The number of nitrogens with zero attached hydrogens (tertiary/aromatic N) is 5. The van der Waals surface area contributed by atoms with Gasteiger partial charge in [0.25, 0.3) is 0 Å². The van der Waals surface area contributed by atoms with E-state index in [0.717, 1.165) is 37.6 Å². The number of anilines is 4. The van der Waals surface area contributed by atoms with Crippen LogP contribution in [0.2, 0.25) is 0 Å². The van der Waals surface area contributed by atoms with Gasteiger partial charge in [-0.2, -0.15) is 0 Å². The van der Waals surface area contributed by atoms with Crippen molar-refractivity contribution in [1.82, 2.24) is 15.0 Å². The first-order chi connectivity index (χ1) is 13.3. The average Bonchev–Trinajstić information content (AvgIpc) is 2.75. The van der Waals surface area contributed by atoms with Crippen molar-refractivity contribution in [2.45, 2.75) is 6.54 Å². The van der Waals surface area contributed by atoms with E-state index in [4.69, 9.17) is 5.73 Å². The van der Waals surface area contributed by atoms with E-state index in [9.17, 15) is 0 Å². The van der Waals surface area contributed by atoms with Crippen molar-refractivity contribution in [3.05, 3.63) is 66.7 Å². The van der Waals surface area contributed by atoms with Crippen LogP contribution in [0.5, 0.6) is 0 Å². The van der Waals surface area contributed by atoms with Crippen molar-refractivity contribution >= 4 is 23.0 Å². The van der Waals surface area contributed by atoms with Crippen LogP contribution in [0.25, 0.3) is 0 Å². The third-order valence-corrected chi connectivity index (χ3v) is 4.75. The summed E-state index contributed by atoms with van der Waals surface area (Å²) in [5.41, 5.74) is 9.29. The van der Waals surface area contributed by atoms with E-state index in [0.29, 0.717) is 18.1 Å². The van der Waals surface area contributed by atoms with Crippen molar-refractivity contribution in [2.75, 3.05) is 47.0 Å². The molecule has 0 aliphatic carbocycles. The highest BCUT2D eigenvalue weighted by atomic mass is 15.3. The summed E-state index contributed by atoms with van der Waals surface area (Å²) in [6.45, 7) is 4.24. The molecule has 0 unspecified atom stereocenters. The molecule has 1 aliphatic rings. The highest BCUT2D eigenvalue weighted by Gasteiger charge is 2.21. The standard InChI is InChI=1S/C20H23N7/c21-18-19(23-14-16-5-4-8-22-13-16)24-15-25-20(18)27-11-9-26(10-12-27)17-6-2-1-3-7-17/h1-8,13,15H,9-12,14,21H2,(H,23,24,25). The maximum absolute atomic E-state index is 6.37. The molecular weight excluding hydrogens is 338 g/mol. The number of nitrogen functional groups attached to an aromatic ring is 1. The maximum atomic E-state index is 6.37. The van der Waals surface area contributed by atoms with E-state index in [1.807, 2.05) is 24.4 Å². The molecule has 1 aliphatic heterocycles. The zero-order chi connectivity index (χ0) is 18.5. The van der Waals surface area contributed by atoms with Gasteiger partial charge >= 0.3 is 0 Å². The minimum atomic E-state index is 0.592. The second kappa shape index (κ2) is 7.90. The van der Waals surface area contributed by atoms with Gasteiger partial charge < -0.3 is 20.9 Å². The number of nitrogens with two attached hydrogens (primary N) is 1. The zero-order valence-electron chi connectivity index (χ0n) is 15.1. The summed E-state index contributed by atoms with van der Waals surface area (Å²) >= 11 is 0. The fourth-order valence-corrected chi connectivity index (χ4v) is 3.28. The monoisotopic (exact) mass is 361 g/mol. The smallest absolute Gasteiger partial charge is 0.157 e. The van der Waals surface area contributed by atoms with Gasteiger partial charge in [-0.25, -0.2) is 9.97 Å². The lowest BCUT2D eigenvalue weighted by Crippen LogP contribution is -2.47. The SMILES string of the molecule is Nc1c(NCc2cccnc2)ncnc1N1CCN(c2ccccc2)CC1. The summed E-state index contributed by atoms with van der Waals surface area (Å²) in [5.74, 6) is 1.46. The minimum Gasteiger partial charge on any atom is -0.393 e. The molecule has 1 saturated heterocycles. The molecular formula is C20H23N7. The fraction of sp³-hybridized carbons (Fsp3) is 0.250. The van der Waals surface area contributed by atoms with Crippen LogP contribution in [0.3, 0.4) is 0 Å². The molecule has 7 heteroatoms. The van der Waals surface area contributed by atoms with E-state index in [1.54, 1.807) is 12.5 Å². The third kappa shape index (κ3) is 3.92. The number of para-hydroxylation sites is 1. The molecule has 0 radical (unpaired) electrons. The number of hydrogen-bond donors (Lipinski definition) is 2. The summed E-state index contributed by atoms with van der Waals surface area (Å²) in [6, 6.07) is 14.4. The van der Waals surface area contributed by atoms with Crippen LogP contribution in [0.1, 0.15) is 5.56 Å². The molecule has 7 nitrogen and oxygen atoms in total. The predicted molar refractivity (Wildman–Crippen MR) is 109 cm³/mol. The first kappa shape index (κ1) is 17.1. The van der Waals surface area contributed by atoms with Crippen molar-refractivity contribution < 1.29 is 0 Å². The number of piperazine rings is 1. The molecule has 0 saturated carbocycles. The molecule has 0 bridgehead atoms. The van der Waals surface area contributed by atoms with Crippen molar-refractivity contribution in [3.63, 3.8) is 0 Å². The van der Waals surface area contributed by atoms with Crippen LogP contribution < -0.4 is 20.9 Å². The van der Waals surface area contributed by atoms with E-state index in [1.165, 1.54) is 5.69 Å². The van der Waals surface area contributed by atoms with Gasteiger partial charge in [-0.05, 0) is 23.8 Å². The minimum absolute atomic E-state index is 0.592. The molecule has 2 aromatic heterocycles. The van der Waals surface area contributed by atoms with E-state index < -0.39 is 0 Å². The molecule has 0 atom stereocenters. The summed E-state index contributed by atoms with van der Waals surface area (Å²) in [5, 5.41) is 3.29. The number of hydrogen-bond acceptors (Lipinski definition) is 7. The molecule has 0 amide bonds. The Morgan fingerprint density at radius 1 is 0.926 bits per heavy atom. The van der Waals surface area contributed by atoms with Gasteiger partial charge in [0.2, 0.25) is 0 Å². The Morgan fingerprint density at radius 2 is 1.70 bits per heavy atom. The molecule has 4 rings (SSSR count). The predicted octanol–water partition coefficient (Wildman–Crippen LogP) is 2.39. The largest absolute Gasteiger partial charge is 0.393 e. The van der Waals surface area contributed by atoms with E-state index in [-0.39, 0.29) is 0 Å². The molecule has 27 heavy (non-hydrogen) atoms. The van der Waals surface area contributed by atoms with Gasteiger partial charge in [-0.15, -0.1) is 0 Å². The van der Waals surface area contributed by atoms with Crippen LogP contribution in [-0.4, -0.2) is 41.1 Å². The highest BCUT2D eigenvalue weighted by Crippen LogP contribution is 2.28. The van der Waals surface area contributed by atoms with Crippen molar-refractivity contribution in [3.8, 4) is 0 Å². The van der Waals surface area contributed by atoms with Gasteiger partial charge in [-0.3, -0.25) is 4.98 Å². The molecule has 3 aromatic rings. The van der Waals surface area contributed by atoms with Gasteiger partial charge in [-0.1, -0.05) is 24.3 Å². The van der Waals surface area contributed by atoms with Crippen LogP contribution >= 0.6 is 0 Å². The summed E-state index contributed by atoms with van der Waals surface area (Å²) in [6.07, 6.45) is 5.16. The lowest BCUT2D eigenvalue weighted by Gasteiger charge is -2.37. The maximum Gasteiger partial charge on any atom is 0.157 e. The van der Waals surface area contributed by atoms with Crippen LogP contribution in [0, 0.1) is 0 Å².